The summed E-state index contributed by atoms with van der Waals surface area (Å²) in [6.45, 7) is 4.05. The van der Waals surface area contributed by atoms with Crippen LogP contribution in [0.1, 0.15) is 25.8 Å². The zero-order valence-corrected chi connectivity index (χ0v) is 9.13. The van der Waals surface area contributed by atoms with Gasteiger partial charge in [0, 0.05) is 6.04 Å². The highest BCUT2D eigenvalue weighted by Crippen LogP contribution is 2.15. The Kier molecular flexibility index (Phi) is 4.21. The molecule has 0 bridgehead atoms. The zero-order valence-electron chi connectivity index (χ0n) is 9.13. The van der Waals surface area contributed by atoms with Crippen LogP contribution >= 0.6 is 0 Å². The van der Waals surface area contributed by atoms with Gasteiger partial charge in [0.15, 0.2) is 0 Å². The van der Waals surface area contributed by atoms with Crippen molar-refractivity contribution in [3.8, 4) is 0 Å². The van der Waals surface area contributed by atoms with E-state index in [1.165, 1.54) is 6.07 Å². The first kappa shape index (κ1) is 12.1. The number of hydrogen-bond donors (Lipinski definition) is 1. The molecule has 0 spiro atoms. The first-order valence-corrected chi connectivity index (χ1v) is 5.24. The number of halogens is 2. The summed E-state index contributed by atoms with van der Waals surface area (Å²) in [5.74, 6) is -0.481. The van der Waals surface area contributed by atoms with E-state index >= 15 is 0 Å². The lowest BCUT2D eigenvalue weighted by molar-refractivity contribution is 0.433. The van der Waals surface area contributed by atoms with Crippen LogP contribution in [0, 0.1) is 17.6 Å². The van der Waals surface area contributed by atoms with Crippen LogP contribution in [0.3, 0.4) is 0 Å². The van der Waals surface area contributed by atoms with Crippen molar-refractivity contribution < 1.29 is 8.78 Å². The SMILES string of the molecule is CCC(C)C(N)Cc1cc(F)ccc1F. The Labute approximate surface area is 89.3 Å². The van der Waals surface area contributed by atoms with E-state index in [1.807, 2.05) is 13.8 Å². The summed E-state index contributed by atoms with van der Waals surface area (Å²) >= 11 is 0. The van der Waals surface area contributed by atoms with Gasteiger partial charge in [-0.2, -0.15) is 0 Å². The number of nitrogens with two attached hydrogens (primary N) is 1. The van der Waals surface area contributed by atoms with Crippen molar-refractivity contribution in [2.45, 2.75) is 32.7 Å². The van der Waals surface area contributed by atoms with E-state index in [1.54, 1.807) is 0 Å². The molecule has 1 nitrogen and oxygen atoms in total. The molecule has 0 radical (unpaired) electrons. The third kappa shape index (κ3) is 3.27. The number of benzene rings is 1. The van der Waals surface area contributed by atoms with Crippen molar-refractivity contribution in [2.24, 2.45) is 11.7 Å². The minimum absolute atomic E-state index is 0.119. The molecule has 15 heavy (non-hydrogen) atoms. The standard InChI is InChI=1S/C12H17F2N/c1-3-8(2)12(15)7-9-6-10(13)4-5-11(9)14/h4-6,8,12H,3,7,15H2,1-2H3. The van der Waals surface area contributed by atoms with Gasteiger partial charge >= 0.3 is 0 Å². The maximum absolute atomic E-state index is 13.3. The molecule has 0 aromatic heterocycles. The molecule has 2 unspecified atom stereocenters. The summed E-state index contributed by atoms with van der Waals surface area (Å²) in [7, 11) is 0. The van der Waals surface area contributed by atoms with Crippen molar-refractivity contribution >= 4 is 0 Å². The van der Waals surface area contributed by atoms with Gasteiger partial charge in [0.05, 0.1) is 0 Å². The number of rotatable bonds is 4. The average Bonchev–Trinajstić information content (AvgIpc) is 2.22. The Bertz CT molecular complexity index is 325. The van der Waals surface area contributed by atoms with E-state index in [0.29, 0.717) is 17.9 Å². The van der Waals surface area contributed by atoms with Gasteiger partial charge in [-0.1, -0.05) is 20.3 Å². The third-order valence-corrected chi connectivity index (χ3v) is 2.84. The molecule has 2 N–H and O–H groups in total. The molecule has 0 aliphatic rings. The molecule has 0 aliphatic heterocycles. The van der Waals surface area contributed by atoms with Gasteiger partial charge in [-0.15, -0.1) is 0 Å². The Morgan fingerprint density at radius 2 is 2.00 bits per heavy atom. The summed E-state index contributed by atoms with van der Waals surface area (Å²) < 4.78 is 26.1. The van der Waals surface area contributed by atoms with Crippen LogP contribution in [0.2, 0.25) is 0 Å². The molecule has 3 heteroatoms. The van der Waals surface area contributed by atoms with Crippen molar-refractivity contribution in [3.63, 3.8) is 0 Å². The van der Waals surface area contributed by atoms with Crippen LogP contribution in [0.5, 0.6) is 0 Å². The van der Waals surface area contributed by atoms with Gasteiger partial charge in [-0.05, 0) is 36.1 Å². The topological polar surface area (TPSA) is 26.0 Å². The molecule has 0 saturated carbocycles. The van der Waals surface area contributed by atoms with Crippen molar-refractivity contribution in [1.82, 2.24) is 0 Å². The lowest BCUT2D eigenvalue weighted by Gasteiger charge is -2.18. The molecule has 0 aliphatic carbocycles. The predicted molar refractivity (Wildman–Crippen MR) is 57.5 cm³/mol. The molecule has 1 rings (SSSR count). The summed E-state index contributed by atoms with van der Waals surface area (Å²) in [5.41, 5.74) is 6.25. The average molecular weight is 213 g/mol. The number of hydrogen-bond acceptors (Lipinski definition) is 1. The van der Waals surface area contributed by atoms with E-state index in [2.05, 4.69) is 0 Å². The second-order valence-electron chi connectivity index (χ2n) is 3.99. The lowest BCUT2D eigenvalue weighted by atomic mass is 9.94. The summed E-state index contributed by atoms with van der Waals surface area (Å²) in [6.07, 6.45) is 1.33. The van der Waals surface area contributed by atoms with E-state index in [0.717, 1.165) is 18.6 Å². The molecule has 0 fully saturated rings. The fourth-order valence-electron chi connectivity index (χ4n) is 1.46. The molecule has 0 heterocycles. The molecule has 0 amide bonds. The largest absolute Gasteiger partial charge is 0.327 e. The van der Waals surface area contributed by atoms with Crippen molar-refractivity contribution in [1.29, 1.82) is 0 Å². The third-order valence-electron chi connectivity index (χ3n) is 2.84. The lowest BCUT2D eigenvalue weighted by Crippen LogP contribution is -2.30. The highest BCUT2D eigenvalue weighted by Gasteiger charge is 2.14. The van der Waals surface area contributed by atoms with Gasteiger partial charge in [0.1, 0.15) is 11.6 Å². The molecular weight excluding hydrogens is 196 g/mol. The maximum atomic E-state index is 13.3. The van der Waals surface area contributed by atoms with Gasteiger partial charge in [0.25, 0.3) is 0 Å². The quantitative estimate of drug-likeness (QED) is 0.817. The van der Waals surface area contributed by atoms with Crippen LogP contribution in [0.25, 0.3) is 0 Å². The Morgan fingerprint density at radius 3 is 2.60 bits per heavy atom. The fourth-order valence-corrected chi connectivity index (χ4v) is 1.46. The minimum Gasteiger partial charge on any atom is -0.327 e. The summed E-state index contributed by atoms with van der Waals surface area (Å²) in [5, 5.41) is 0. The van der Waals surface area contributed by atoms with Crippen LogP contribution in [0.4, 0.5) is 8.78 Å². The monoisotopic (exact) mass is 213 g/mol. The van der Waals surface area contributed by atoms with E-state index in [9.17, 15) is 8.78 Å². The van der Waals surface area contributed by atoms with Gasteiger partial charge in [-0.25, -0.2) is 8.78 Å². The minimum atomic E-state index is -0.414. The van der Waals surface area contributed by atoms with Crippen molar-refractivity contribution in [3.05, 3.63) is 35.4 Å². The van der Waals surface area contributed by atoms with E-state index in [4.69, 9.17) is 5.73 Å². The van der Waals surface area contributed by atoms with Gasteiger partial charge < -0.3 is 5.73 Å². The van der Waals surface area contributed by atoms with E-state index < -0.39 is 5.82 Å². The molecule has 1 aromatic rings. The van der Waals surface area contributed by atoms with Gasteiger partial charge in [0.2, 0.25) is 0 Å². The Balaban J connectivity index is 2.75. The van der Waals surface area contributed by atoms with Crippen LogP contribution in [-0.2, 0) is 6.42 Å². The van der Waals surface area contributed by atoms with Crippen LogP contribution in [0.15, 0.2) is 18.2 Å². The fraction of sp³-hybridized carbons (Fsp3) is 0.500. The second-order valence-corrected chi connectivity index (χ2v) is 3.99. The highest BCUT2D eigenvalue weighted by atomic mass is 19.1. The van der Waals surface area contributed by atoms with Gasteiger partial charge in [-0.3, -0.25) is 0 Å². The first-order valence-electron chi connectivity index (χ1n) is 5.24. The normalized spacial score (nSPS) is 15.0. The molecule has 84 valence electrons. The maximum Gasteiger partial charge on any atom is 0.126 e. The Hall–Kier alpha value is -0.960. The van der Waals surface area contributed by atoms with Crippen molar-refractivity contribution in [2.75, 3.05) is 0 Å². The zero-order chi connectivity index (χ0) is 11.4. The smallest absolute Gasteiger partial charge is 0.126 e. The summed E-state index contributed by atoms with van der Waals surface area (Å²) in [4.78, 5) is 0. The van der Waals surface area contributed by atoms with Crippen LogP contribution < -0.4 is 5.73 Å². The molecular formula is C12H17F2N. The molecule has 2 atom stereocenters. The van der Waals surface area contributed by atoms with E-state index in [-0.39, 0.29) is 11.9 Å². The molecule has 1 aromatic carbocycles. The summed E-state index contributed by atoms with van der Waals surface area (Å²) in [6, 6.07) is 3.37. The Morgan fingerprint density at radius 1 is 1.33 bits per heavy atom. The first-order chi connectivity index (χ1) is 7.04. The predicted octanol–water partition coefficient (Wildman–Crippen LogP) is 2.88. The second kappa shape index (κ2) is 5.21. The highest BCUT2D eigenvalue weighted by molar-refractivity contribution is 5.19. The van der Waals surface area contributed by atoms with Crippen LogP contribution in [-0.4, -0.2) is 6.04 Å². The molecule has 0 saturated heterocycles.